The van der Waals surface area contributed by atoms with E-state index in [2.05, 4.69) is 43.1 Å². The van der Waals surface area contributed by atoms with Gasteiger partial charge in [-0.2, -0.15) is 0 Å². The molecule has 0 aromatic heterocycles. The monoisotopic (exact) mass is 402 g/mol. The molecule has 0 bridgehead atoms. The van der Waals surface area contributed by atoms with Crippen LogP contribution in [0.5, 0.6) is 0 Å². The minimum atomic E-state index is -0.116. The van der Waals surface area contributed by atoms with E-state index in [-0.39, 0.29) is 5.82 Å². The van der Waals surface area contributed by atoms with Gasteiger partial charge >= 0.3 is 0 Å². The minimum absolute atomic E-state index is 0.116. The summed E-state index contributed by atoms with van der Waals surface area (Å²) in [6.07, 6.45) is 2.78. The largest absolute Gasteiger partial charge is 0.305 e. The maximum absolute atomic E-state index is 13.0. The van der Waals surface area contributed by atoms with E-state index in [1.54, 1.807) is 13.0 Å². The first-order valence-electron chi connectivity index (χ1n) is 11.0. The molecule has 29 heavy (non-hydrogen) atoms. The molecule has 0 N–H and O–H groups in total. The van der Waals surface area contributed by atoms with Crippen molar-refractivity contribution in [3.8, 4) is 0 Å². The Morgan fingerprint density at radius 1 is 0.793 bits per heavy atom. The third-order valence-electron chi connectivity index (χ3n) is 4.46. The molecule has 1 aliphatic rings. The van der Waals surface area contributed by atoms with E-state index in [1.165, 1.54) is 24.0 Å². The Hall–Kier alpha value is -1.71. The number of aryl methyl sites for hydroxylation is 2. The van der Waals surface area contributed by atoms with Crippen molar-refractivity contribution >= 4 is 0 Å². The Balaban J connectivity index is 0.000000463. The highest BCUT2D eigenvalue weighted by molar-refractivity contribution is 5.23. The normalized spacial score (nSPS) is 12.3. The maximum Gasteiger partial charge on any atom is 0.126 e. The zero-order valence-electron chi connectivity index (χ0n) is 20.2. The highest BCUT2D eigenvalue weighted by atomic mass is 19.1. The molecule has 3 rings (SSSR count). The number of benzene rings is 2. The summed E-state index contributed by atoms with van der Waals surface area (Å²) in [5.41, 5.74) is 4.50. The van der Waals surface area contributed by atoms with Crippen molar-refractivity contribution in [1.82, 2.24) is 9.80 Å². The molecule has 0 amide bonds. The van der Waals surface area contributed by atoms with Crippen molar-refractivity contribution in [2.75, 3.05) is 21.1 Å². The van der Waals surface area contributed by atoms with Gasteiger partial charge in [0.1, 0.15) is 5.82 Å². The molecule has 0 spiro atoms. The third-order valence-corrected chi connectivity index (χ3v) is 4.46. The molecule has 0 radical (unpaired) electrons. The molecule has 1 saturated carbocycles. The van der Waals surface area contributed by atoms with Gasteiger partial charge in [0.15, 0.2) is 0 Å². The lowest BCUT2D eigenvalue weighted by Gasteiger charge is -2.15. The smallest absolute Gasteiger partial charge is 0.126 e. The second kappa shape index (κ2) is 15.2. The second-order valence-corrected chi connectivity index (χ2v) is 7.45. The third kappa shape index (κ3) is 11.8. The van der Waals surface area contributed by atoms with Crippen LogP contribution in [0.3, 0.4) is 0 Å². The first-order chi connectivity index (χ1) is 13.8. The molecule has 2 aromatic carbocycles. The van der Waals surface area contributed by atoms with E-state index >= 15 is 0 Å². The molecule has 3 heteroatoms. The van der Waals surface area contributed by atoms with Crippen molar-refractivity contribution in [2.45, 2.75) is 73.5 Å². The molecule has 0 heterocycles. The van der Waals surface area contributed by atoms with Crippen molar-refractivity contribution in [3.05, 3.63) is 70.5 Å². The number of nitrogens with zero attached hydrogens (tertiary/aromatic N) is 2. The molecule has 1 aliphatic carbocycles. The lowest BCUT2D eigenvalue weighted by Crippen LogP contribution is -2.19. The van der Waals surface area contributed by atoms with Crippen molar-refractivity contribution in [1.29, 1.82) is 0 Å². The predicted octanol–water partition coefficient (Wildman–Crippen LogP) is 6.84. The highest BCUT2D eigenvalue weighted by Crippen LogP contribution is 2.26. The lowest BCUT2D eigenvalue weighted by atomic mass is 10.1. The van der Waals surface area contributed by atoms with Crippen LogP contribution in [-0.4, -0.2) is 37.0 Å². The zero-order chi connectivity index (χ0) is 22.4. The van der Waals surface area contributed by atoms with Crippen LogP contribution in [0, 0.1) is 19.7 Å². The highest BCUT2D eigenvalue weighted by Gasteiger charge is 2.25. The molecule has 0 unspecified atom stereocenters. The summed E-state index contributed by atoms with van der Waals surface area (Å²) >= 11 is 0. The molecule has 0 saturated heterocycles. The number of halogens is 1. The first-order valence-corrected chi connectivity index (χ1v) is 11.0. The fourth-order valence-corrected chi connectivity index (χ4v) is 2.73. The van der Waals surface area contributed by atoms with Gasteiger partial charge in [-0.15, -0.1) is 0 Å². The van der Waals surface area contributed by atoms with Crippen LogP contribution in [0.25, 0.3) is 0 Å². The molecular weight excluding hydrogens is 359 g/mol. The van der Waals surface area contributed by atoms with Crippen LogP contribution in [0.15, 0.2) is 42.5 Å². The number of hydrogen-bond acceptors (Lipinski definition) is 2. The lowest BCUT2D eigenvalue weighted by molar-refractivity contribution is 0.316. The molecule has 0 atom stereocenters. The van der Waals surface area contributed by atoms with E-state index < -0.39 is 0 Å². The Kier molecular flexibility index (Phi) is 14.3. The summed E-state index contributed by atoms with van der Waals surface area (Å²) in [5, 5.41) is 0. The topological polar surface area (TPSA) is 6.48 Å². The Morgan fingerprint density at radius 3 is 1.76 bits per heavy atom. The van der Waals surface area contributed by atoms with E-state index in [1.807, 2.05) is 58.8 Å². The van der Waals surface area contributed by atoms with Gasteiger partial charge in [-0.1, -0.05) is 69.7 Å². The van der Waals surface area contributed by atoms with Gasteiger partial charge in [-0.3, -0.25) is 4.90 Å². The van der Waals surface area contributed by atoms with Crippen molar-refractivity contribution in [2.24, 2.45) is 0 Å². The molecule has 0 aliphatic heterocycles. The van der Waals surface area contributed by atoms with E-state index in [0.717, 1.165) is 24.7 Å². The number of rotatable bonds is 5. The fourth-order valence-electron chi connectivity index (χ4n) is 2.73. The second-order valence-electron chi connectivity index (χ2n) is 7.45. The van der Waals surface area contributed by atoms with Crippen LogP contribution >= 0.6 is 0 Å². The van der Waals surface area contributed by atoms with E-state index in [0.29, 0.717) is 5.56 Å². The molecule has 2 aromatic rings. The Bertz CT molecular complexity index is 661. The fraction of sp³-hybridized carbons (Fsp3) is 0.538. The average Bonchev–Trinajstić information content (AvgIpc) is 3.55. The summed E-state index contributed by atoms with van der Waals surface area (Å²) in [6, 6.07) is 15.1. The summed E-state index contributed by atoms with van der Waals surface area (Å²) in [5.74, 6) is -0.116. The van der Waals surface area contributed by atoms with Crippen LogP contribution in [0.4, 0.5) is 4.39 Å². The minimum Gasteiger partial charge on any atom is -0.305 e. The molecular formula is C26H43FN2. The Labute approximate surface area is 179 Å². The van der Waals surface area contributed by atoms with Crippen LogP contribution in [0.2, 0.25) is 0 Å². The van der Waals surface area contributed by atoms with Gasteiger partial charge in [0.05, 0.1) is 0 Å². The van der Waals surface area contributed by atoms with Crippen LogP contribution in [-0.2, 0) is 13.1 Å². The molecule has 164 valence electrons. The van der Waals surface area contributed by atoms with Gasteiger partial charge in [-0.25, -0.2) is 4.39 Å². The van der Waals surface area contributed by atoms with Crippen molar-refractivity contribution in [3.63, 3.8) is 0 Å². The summed E-state index contributed by atoms with van der Waals surface area (Å²) < 4.78 is 13.0. The average molecular weight is 403 g/mol. The summed E-state index contributed by atoms with van der Waals surface area (Å²) in [6.45, 7) is 13.8. The van der Waals surface area contributed by atoms with Gasteiger partial charge in [-0.05, 0) is 70.6 Å². The summed E-state index contributed by atoms with van der Waals surface area (Å²) in [4.78, 5) is 4.47. The number of hydrogen-bond donors (Lipinski definition) is 0. The van der Waals surface area contributed by atoms with Gasteiger partial charge in [0, 0.05) is 19.1 Å². The first kappa shape index (κ1) is 27.3. The zero-order valence-corrected chi connectivity index (χ0v) is 20.2. The summed E-state index contributed by atoms with van der Waals surface area (Å²) in [7, 11) is 6.16. The van der Waals surface area contributed by atoms with Gasteiger partial charge in [0.2, 0.25) is 0 Å². The predicted molar refractivity (Wildman–Crippen MR) is 127 cm³/mol. The SMILES string of the molecule is CC.CC.Cc1ccc(CN(C)C)cc1F.Cc1ccc(CN(C)C2CC2)cc1. The maximum atomic E-state index is 13.0. The van der Waals surface area contributed by atoms with E-state index in [4.69, 9.17) is 0 Å². The standard InChI is InChI=1S/C12H17N.C10H14FN.2C2H6/c1-10-3-5-11(6-4-10)9-13(2)12-7-8-12;1-8-4-5-9(6-10(8)11)7-12(2)3;2*1-2/h3-6,12H,7-9H2,1-2H3;4-6H,7H2,1-3H3;2*1-2H3. The van der Waals surface area contributed by atoms with E-state index in [9.17, 15) is 4.39 Å². The van der Waals surface area contributed by atoms with Crippen LogP contribution < -0.4 is 0 Å². The van der Waals surface area contributed by atoms with Crippen molar-refractivity contribution < 1.29 is 4.39 Å². The molecule has 2 nitrogen and oxygen atoms in total. The van der Waals surface area contributed by atoms with Gasteiger partial charge < -0.3 is 4.90 Å². The Morgan fingerprint density at radius 2 is 1.31 bits per heavy atom. The molecule has 1 fully saturated rings. The van der Waals surface area contributed by atoms with Gasteiger partial charge in [0.25, 0.3) is 0 Å². The van der Waals surface area contributed by atoms with Crippen LogP contribution in [0.1, 0.15) is 62.8 Å². The quantitative estimate of drug-likeness (QED) is 0.540.